The fourth-order valence-corrected chi connectivity index (χ4v) is 1.90. The normalized spacial score (nSPS) is 19.8. The molecule has 0 amide bonds. The molecule has 0 aromatic rings. The van der Waals surface area contributed by atoms with Crippen molar-refractivity contribution >= 4 is 23.5 Å². The molecule has 0 saturated carbocycles. The van der Waals surface area contributed by atoms with Gasteiger partial charge < -0.3 is 0 Å². The number of thioether (sulfide) groups is 2. The fourth-order valence-electron chi connectivity index (χ4n) is 0.426. The van der Waals surface area contributed by atoms with Gasteiger partial charge in [-0.05, 0) is 34.5 Å². The Bertz CT molecular complexity index is 129. The maximum Gasteiger partial charge on any atom is -0.00437 e. The molecule has 1 aliphatic rings. The smallest absolute Gasteiger partial charge is 0.00437 e. The Kier molecular flexibility index (Phi) is 2.08. The van der Waals surface area contributed by atoms with Gasteiger partial charge in [0.2, 0.25) is 0 Å². The zero-order chi connectivity index (χ0) is 5.98. The van der Waals surface area contributed by atoms with Crippen LogP contribution >= 0.6 is 23.5 Å². The van der Waals surface area contributed by atoms with Gasteiger partial charge in [-0.3, -0.25) is 0 Å². The van der Waals surface area contributed by atoms with Crippen molar-refractivity contribution in [2.75, 3.05) is 0 Å². The van der Waals surface area contributed by atoms with E-state index in [1.165, 1.54) is 9.81 Å². The summed E-state index contributed by atoms with van der Waals surface area (Å²) in [4.78, 5) is 2.86. The van der Waals surface area contributed by atoms with E-state index in [4.69, 9.17) is 0 Å². The predicted molar refractivity (Wildman–Crippen MR) is 42.7 cm³/mol. The molecule has 0 radical (unpaired) electrons. The Balaban J connectivity index is 2.67. The molecule has 0 aromatic carbocycles. The first-order valence-electron chi connectivity index (χ1n) is 2.46. The molecule has 0 N–H and O–H groups in total. The van der Waals surface area contributed by atoms with Crippen molar-refractivity contribution in [3.05, 3.63) is 20.6 Å². The molecule has 0 nitrogen and oxygen atoms in total. The number of allylic oxidation sites excluding steroid dienone is 2. The second kappa shape index (κ2) is 2.65. The fraction of sp³-hybridized carbons (Fsp3) is 0.333. The average Bonchev–Trinajstić information content (AvgIpc) is 1.77. The van der Waals surface area contributed by atoms with E-state index in [1.54, 1.807) is 23.5 Å². The first-order chi connectivity index (χ1) is 3.80. The summed E-state index contributed by atoms with van der Waals surface area (Å²) < 4.78 is 0. The van der Waals surface area contributed by atoms with Crippen LogP contribution in [0.4, 0.5) is 0 Å². The van der Waals surface area contributed by atoms with E-state index >= 15 is 0 Å². The van der Waals surface area contributed by atoms with Gasteiger partial charge in [-0.2, -0.15) is 0 Å². The highest BCUT2D eigenvalue weighted by Gasteiger charge is 1.98. The van der Waals surface area contributed by atoms with Crippen molar-refractivity contribution in [2.45, 2.75) is 13.8 Å². The molecule has 8 heavy (non-hydrogen) atoms. The summed E-state index contributed by atoms with van der Waals surface area (Å²) in [5, 5.41) is 4.24. The lowest BCUT2D eigenvalue weighted by atomic mass is 10.6. The van der Waals surface area contributed by atoms with E-state index in [0.29, 0.717) is 0 Å². The van der Waals surface area contributed by atoms with Crippen LogP contribution in [0, 0.1) is 0 Å². The van der Waals surface area contributed by atoms with Crippen molar-refractivity contribution in [3.8, 4) is 0 Å². The molecule has 0 spiro atoms. The maximum atomic E-state index is 2.15. The molecule has 1 heterocycles. The second-order valence-corrected chi connectivity index (χ2v) is 3.86. The van der Waals surface area contributed by atoms with Gasteiger partial charge in [-0.25, -0.2) is 0 Å². The van der Waals surface area contributed by atoms with E-state index in [1.807, 2.05) is 0 Å². The molecule has 44 valence electrons. The summed E-state index contributed by atoms with van der Waals surface area (Å²) in [6.07, 6.45) is 0. The van der Waals surface area contributed by atoms with E-state index in [9.17, 15) is 0 Å². The molecular weight excluding hydrogens is 136 g/mol. The van der Waals surface area contributed by atoms with E-state index in [2.05, 4.69) is 24.7 Å². The van der Waals surface area contributed by atoms with Crippen LogP contribution in [0.3, 0.4) is 0 Å². The lowest BCUT2D eigenvalue weighted by Crippen LogP contribution is -1.73. The van der Waals surface area contributed by atoms with Crippen LogP contribution < -0.4 is 0 Å². The van der Waals surface area contributed by atoms with Crippen LogP contribution in [0.5, 0.6) is 0 Å². The van der Waals surface area contributed by atoms with Crippen LogP contribution in [0.25, 0.3) is 0 Å². The molecule has 0 aliphatic carbocycles. The molecule has 0 fully saturated rings. The lowest BCUT2D eigenvalue weighted by molar-refractivity contribution is 1.56. The third-order valence-corrected chi connectivity index (χ3v) is 3.21. The molecular formula is C6H8S2. The van der Waals surface area contributed by atoms with Gasteiger partial charge >= 0.3 is 0 Å². The van der Waals surface area contributed by atoms with Crippen molar-refractivity contribution in [3.63, 3.8) is 0 Å². The van der Waals surface area contributed by atoms with Crippen molar-refractivity contribution in [1.29, 1.82) is 0 Å². The zero-order valence-electron chi connectivity index (χ0n) is 4.97. The molecule has 0 aromatic heterocycles. The number of hydrogen-bond acceptors (Lipinski definition) is 2. The maximum absolute atomic E-state index is 2.15. The Morgan fingerprint density at radius 2 is 1.38 bits per heavy atom. The van der Waals surface area contributed by atoms with Crippen LogP contribution in [0.2, 0.25) is 0 Å². The largest absolute Gasteiger partial charge is 0.101 e. The minimum absolute atomic E-state index is 1.43. The van der Waals surface area contributed by atoms with E-state index in [0.717, 1.165) is 0 Å². The number of rotatable bonds is 0. The first kappa shape index (κ1) is 6.30. The molecule has 1 rings (SSSR count). The highest BCUT2D eigenvalue weighted by molar-refractivity contribution is 8.12. The summed E-state index contributed by atoms with van der Waals surface area (Å²) in [5.41, 5.74) is 0. The zero-order valence-corrected chi connectivity index (χ0v) is 6.60. The van der Waals surface area contributed by atoms with Gasteiger partial charge in [-0.1, -0.05) is 0 Å². The third-order valence-electron chi connectivity index (χ3n) is 1.04. The SMILES string of the molecule is CC1=C(C)SC=CS1. The third kappa shape index (κ3) is 1.33. The summed E-state index contributed by atoms with van der Waals surface area (Å²) >= 11 is 3.61. The van der Waals surface area contributed by atoms with Gasteiger partial charge in [0, 0.05) is 0 Å². The molecule has 0 atom stereocenters. The average molecular weight is 144 g/mol. The monoisotopic (exact) mass is 144 g/mol. The van der Waals surface area contributed by atoms with Crippen LogP contribution in [-0.4, -0.2) is 0 Å². The topological polar surface area (TPSA) is 0 Å². The van der Waals surface area contributed by atoms with Gasteiger partial charge in [0.1, 0.15) is 0 Å². The van der Waals surface area contributed by atoms with Crippen molar-refractivity contribution in [1.82, 2.24) is 0 Å². The van der Waals surface area contributed by atoms with Crippen LogP contribution in [0.15, 0.2) is 20.6 Å². The predicted octanol–water partition coefficient (Wildman–Crippen LogP) is 3.19. The van der Waals surface area contributed by atoms with E-state index < -0.39 is 0 Å². The Hall–Kier alpha value is 0.180. The van der Waals surface area contributed by atoms with Crippen LogP contribution in [0.1, 0.15) is 13.8 Å². The minimum Gasteiger partial charge on any atom is -0.101 e. The van der Waals surface area contributed by atoms with E-state index in [-0.39, 0.29) is 0 Å². The summed E-state index contributed by atoms with van der Waals surface area (Å²) in [5.74, 6) is 0. The van der Waals surface area contributed by atoms with Gasteiger partial charge in [0.15, 0.2) is 0 Å². The standard InChI is InChI=1S/C6H8S2/c1-5-6(2)8-4-3-7-5/h3-4H,1-2H3. The molecule has 2 heteroatoms. The first-order valence-corrected chi connectivity index (χ1v) is 4.22. The Labute approximate surface area is 58.4 Å². The quantitative estimate of drug-likeness (QED) is 0.512. The Morgan fingerprint density at radius 3 is 1.62 bits per heavy atom. The minimum atomic E-state index is 1.43. The highest BCUT2D eigenvalue weighted by Crippen LogP contribution is 2.33. The number of hydrogen-bond donors (Lipinski definition) is 0. The molecule has 0 saturated heterocycles. The summed E-state index contributed by atoms with van der Waals surface area (Å²) in [6, 6.07) is 0. The molecule has 0 bridgehead atoms. The van der Waals surface area contributed by atoms with Gasteiger partial charge in [0.25, 0.3) is 0 Å². The van der Waals surface area contributed by atoms with Gasteiger partial charge in [0.05, 0.1) is 0 Å². The Morgan fingerprint density at radius 1 is 1.00 bits per heavy atom. The lowest BCUT2D eigenvalue weighted by Gasteiger charge is -2.05. The van der Waals surface area contributed by atoms with Gasteiger partial charge in [-0.15, -0.1) is 23.5 Å². The van der Waals surface area contributed by atoms with Crippen LogP contribution in [-0.2, 0) is 0 Å². The van der Waals surface area contributed by atoms with Crippen molar-refractivity contribution in [2.24, 2.45) is 0 Å². The second-order valence-electron chi connectivity index (χ2n) is 1.62. The highest BCUT2D eigenvalue weighted by atomic mass is 32.2. The summed E-state index contributed by atoms with van der Waals surface area (Å²) in [6.45, 7) is 4.30. The molecule has 1 aliphatic heterocycles. The molecule has 0 unspecified atom stereocenters. The summed E-state index contributed by atoms with van der Waals surface area (Å²) in [7, 11) is 0. The van der Waals surface area contributed by atoms with Crippen molar-refractivity contribution < 1.29 is 0 Å².